The maximum atomic E-state index is 12.8. The SMILES string of the molecule is CO[C@@H]1[C@@H](OC(N)=O)[C@@H](O)[C@H](Oc2ccc3c(O)c(NC(=O)c4ccc(O)c(C)c4)c(=O)oc3c2C)OC1(C)C. The van der Waals surface area contributed by atoms with Crippen molar-refractivity contribution in [1.29, 1.82) is 0 Å². The number of amides is 2. The predicted octanol–water partition coefficient (Wildman–Crippen LogP) is 2.43. The van der Waals surface area contributed by atoms with Crippen molar-refractivity contribution in [2.24, 2.45) is 5.73 Å². The molecule has 1 saturated heterocycles. The van der Waals surface area contributed by atoms with Crippen LogP contribution in [0.1, 0.15) is 35.3 Å². The number of carbonyl (C=O) groups excluding carboxylic acids is 2. The van der Waals surface area contributed by atoms with Gasteiger partial charge in [-0.3, -0.25) is 4.79 Å². The van der Waals surface area contributed by atoms with E-state index in [1.165, 1.54) is 37.4 Å². The molecule has 13 heteroatoms. The zero-order valence-corrected chi connectivity index (χ0v) is 22.4. The second kappa shape index (κ2) is 10.7. The third-order valence-corrected chi connectivity index (χ3v) is 6.71. The number of primary amides is 1. The van der Waals surface area contributed by atoms with E-state index in [9.17, 15) is 29.7 Å². The first kappa shape index (κ1) is 28.7. The van der Waals surface area contributed by atoms with Crippen molar-refractivity contribution in [3.05, 3.63) is 57.4 Å². The molecule has 0 unspecified atom stereocenters. The number of nitrogens with two attached hydrogens (primary N) is 1. The summed E-state index contributed by atoms with van der Waals surface area (Å²) in [6.45, 7) is 6.46. The third kappa shape index (κ3) is 5.26. The van der Waals surface area contributed by atoms with E-state index in [1.54, 1.807) is 27.7 Å². The number of nitrogens with one attached hydrogen (secondary N) is 1. The van der Waals surface area contributed by atoms with Crippen LogP contribution in [0.25, 0.3) is 11.0 Å². The molecule has 0 saturated carbocycles. The number of phenols is 1. The first-order valence-electron chi connectivity index (χ1n) is 12.2. The molecule has 2 aromatic carbocycles. The Balaban J connectivity index is 1.65. The number of fused-ring (bicyclic) bond motifs is 1. The molecule has 0 spiro atoms. The van der Waals surface area contributed by atoms with Crippen LogP contribution in [0, 0.1) is 13.8 Å². The molecule has 13 nitrogen and oxygen atoms in total. The Morgan fingerprint density at radius 3 is 2.45 bits per heavy atom. The third-order valence-electron chi connectivity index (χ3n) is 6.71. The zero-order chi connectivity index (χ0) is 29.5. The minimum absolute atomic E-state index is 0.00209. The Bertz CT molecular complexity index is 1530. The fourth-order valence-corrected chi connectivity index (χ4v) is 4.66. The summed E-state index contributed by atoms with van der Waals surface area (Å²) in [5.41, 5.74) is 3.43. The lowest BCUT2D eigenvalue weighted by Gasteiger charge is -2.47. The van der Waals surface area contributed by atoms with Gasteiger partial charge in [0.05, 0.1) is 11.0 Å². The highest BCUT2D eigenvalue weighted by molar-refractivity contribution is 6.06. The highest BCUT2D eigenvalue weighted by atomic mass is 16.7. The molecule has 1 aliphatic heterocycles. The molecule has 2 heterocycles. The summed E-state index contributed by atoms with van der Waals surface area (Å²) in [5.74, 6) is -1.10. The average molecular weight is 559 g/mol. The number of benzene rings is 2. The van der Waals surface area contributed by atoms with Crippen molar-refractivity contribution >= 4 is 28.7 Å². The summed E-state index contributed by atoms with van der Waals surface area (Å²) in [6, 6.07) is 6.97. The number of carbonyl (C=O) groups is 2. The van der Waals surface area contributed by atoms with Crippen molar-refractivity contribution in [2.75, 3.05) is 12.4 Å². The summed E-state index contributed by atoms with van der Waals surface area (Å²) < 4.78 is 27.7. The van der Waals surface area contributed by atoms with E-state index in [0.717, 1.165) is 0 Å². The number of aromatic hydroxyl groups is 2. The standard InChI is InChI=1S/C27H30N2O11/c1-11-10-13(6-8-15(11)30)23(33)29-17-18(31)14-7-9-16(12(2)20(14)38-24(17)34)37-25-19(32)21(39-26(28)35)22(36-5)27(3,4)40-25/h6-10,19,21-22,25,30-32H,1-5H3,(H2,28,35)(H,29,33)/t19-,21+,22-,25-/m1/s1. The molecule has 1 aliphatic rings. The van der Waals surface area contributed by atoms with Crippen LogP contribution in [0.4, 0.5) is 10.5 Å². The molecule has 3 aromatic rings. The Morgan fingerprint density at radius 1 is 1.12 bits per heavy atom. The summed E-state index contributed by atoms with van der Waals surface area (Å²) in [5, 5.41) is 33.9. The Hall–Kier alpha value is -4.33. The molecular formula is C27H30N2O11. The van der Waals surface area contributed by atoms with Gasteiger partial charge in [-0.25, -0.2) is 9.59 Å². The van der Waals surface area contributed by atoms with E-state index in [1.807, 2.05) is 0 Å². The predicted molar refractivity (Wildman–Crippen MR) is 141 cm³/mol. The van der Waals surface area contributed by atoms with Crippen molar-refractivity contribution in [3.63, 3.8) is 0 Å². The van der Waals surface area contributed by atoms with E-state index in [0.29, 0.717) is 5.56 Å². The smallest absolute Gasteiger partial charge is 0.404 e. The van der Waals surface area contributed by atoms with Gasteiger partial charge in [-0.15, -0.1) is 0 Å². The number of hydrogen-bond donors (Lipinski definition) is 5. The fraction of sp³-hybridized carbons (Fsp3) is 0.370. The maximum Gasteiger partial charge on any atom is 0.404 e. The van der Waals surface area contributed by atoms with Gasteiger partial charge in [-0.05, 0) is 63.6 Å². The fourth-order valence-electron chi connectivity index (χ4n) is 4.66. The van der Waals surface area contributed by atoms with Crippen LogP contribution in [0.5, 0.6) is 17.2 Å². The Labute approximate surface area is 228 Å². The number of rotatable bonds is 6. The molecule has 4 atom stereocenters. The van der Waals surface area contributed by atoms with Crippen LogP contribution < -0.4 is 21.4 Å². The average Bonchev–Trinajstić information content (AvgIpc) is 2.87. The van der Waals surface area contributed by atoms with E-state index in [2.05, 4.69) is 5.32 Å². The van der Waals surface area contributed by atoms with Crippen LogP contribution in [-0.4, -0.2) is 64.6 Å². The molecule has 0 bridgehead atoms. The first-order valence-corrected chi connectivity index (χ1v) is 12.2. The van der Waals surface area contributed by atoms with E-state index in [-0.39, 0.29) is 33.6 Å². The van der Waals surface area contributed by atoms with Crippen molar-refractivity contribution in [2.45, 2.75) is 57.9 Å². The number of aliphatic hydroxyl groups is 1. The zero-order valence-electron chi connectivity index (χ0n) is 22.4. The quantitative estimate of drug-likeness (QED) is 0.278. The van der Waals surface area contributed by atoms with Crippen LogP contribution in [-0.2, 0) is 14.2 Å². The number of phenolic OH excluding ortho intramolecular Hbond substituents is 1. The lowest BCUT2D eigenvalue weighted by molar-refractivity contribution is -0.304. The first-order chi connectivity index (χ1) is 18.7. The van der Waals surface area contributed by atoms with Crippen molar-refractivity contribution < 1.29 is 48.3 Å². The summed E-state index contributed by atoms with van der Waals surface area (Å²) in [4.78, 5) is 36.9. The van der Waals surface area contributed by atoms with Crippen LogP contribution in [0.2, 0.25) is 0 Å². The number of aliphatic hydroxyl groups excluding tert-OH is 1. The summed E-state index contributed by atoms with van der Waals surface area (Å²) in [7, 11) is 1.37. The highest BCUT2D eigenvalue weighted by Crippen LogP contribution is 2.38. The largest absolute Gasteiger partial charge is 0.508 e. The number of hydrogen-bond acceptors (Lipinski definition) is 11. The van der Waals surface area contributed by atoms with Crippen LogP contribution in [0.3, 0.4) is 0 Å². The number of anilines is 1. The normalized spacial score (nSPS) is 22.1. The second-order valence-electron chi connectivity index (χ2n) is 9.89. The molecule has 0 radical (unpaired) electrons. The van der Waals surface area contributed by atoms with Gasteiger partial charge in [0.25, 0.3) is 5.91 Å². The van der Waals surface area contributed by atoms with Crippen LogP contribution in [0.15, 0.2) is 39.5 Å². The molecule has 1 fully saturated rings. The Morgan fingerprint density at radius 2 is 1.82 bits per heavy atom. The molecule has 6 N–H and O–H groups in total. The van der Waals surface area contributed by atoms with Gasteiger partial charge in [0.15, 0.2) is 23.6 Å². The number of aryl methyl sites for hydroxylation is 2. The molecule has 4 rings (SSSR count). The van der Waals surface area contributed by atoms with E-state index >= 15 is 0 Å². The minimum atomic E-state index is -1.51. The maximum absolute atomic E-state index is 12.8. The molecule has 40 heavy (non-hydrogen) atoms. The van der Waals surface area contributed by atoms with Gasteiger partial charge in [-0.2, -0.15) is 0 Å². The summed E-state index contributed by atoms with van der Waals surface area (Å²) >= 11 is 0. The molecular weight excluding hydrogens is 528 g/mol. The van der Waals surface area contributed by atoms with Gasteiger partial charge in [0, 0.05) is 18.2 Å². The van der Waals surface area contributed by atoms with Gasteiger partial charge in [-0.1, -0.05) is 0 Å². The molecule has 0 aliphatic carbocycles. The van der Waals surface area contributed by atoms with Gasteiger partial charge in [0.1, 0.15) is 23.2 Å². The highest BCUT2D eigenvalue weighted by Gasteiger charge is 2.53. The van der Waals surface area contributed by atoms with E-state index in [4.69, 9.17) is 29.1 Å². The van der Waals surface area contributed by atoms with Gasteiger partial charge >= 0.3 is 11.7 Å². The van der Waals surface area contributed by atoms with Gasteiger partial charge < -0.3 is 49.7 Å². The van der Waals surface area contributed by atoms with Crippen LogP contribution >= 0.6 is 0 Å². The molecule has 1 aromatic heterocycles. The van der Waals surface area contributed by atoms with Gasteiger partial charge in [0.2, 0.25) is 6.29 Å². The number of methoxy groups -OCH3 is 1. The van der Waals surface area contributed by atoms with Crippen molar-refractivity contribution in [1.82, 2.24) is 0 Å². The lowest BCUT2D eigenvalue weighted by atomic mass is 9.89. The summed E-state index contributed by atoms with van der Waals surface area (Å²) in [6.07, 6.45) is -6.08. The van der Waals surface area contributed by atoms with Crippen molar-refractivity contribution in [3.8, 4) is 17.2 Å². The lowest BCUT2D eigenvalue weighted by Crippen LogP contribution is -2.65. The molecule has 2 amide bonds. The molecule has 214 valence electrons. The topological polar surface area (TPSA) is 200 Å². The second-order valence-corrected chi connectivity index (χ2v) is 9.89. The van der Waals surface area contributed by atoms with E-state index < -0.39 is 59.3 Å². The Kier molecular flexibility index (Phi) is 7.65. The minimum Gasteiger partial charge on any atom is -0.508 e. The monoisotopic (exact) mass is 558 g/mol. The number of ether oxygens (including phenoxy) is 4.